The van der Waals surface area contributed by atoms with E-state index in [2.05, 4.69) is 10.3 Å². The van der Waals surface area contributed by atoms with Gasteiger partial charge in [-0.3, -0.25) is 0 Å². The van der Waals surface area contributed by atoms with Crippen LogP contribution in [-0.4, -0.2) is 23.8 Å². The van der Waals surface area contributed by atoms with E-state index in [4.69, 9.17) is 9.47 Å². The van der Waals surface area contributed by atoms with Crippen LogP contribution < -0.4 is 10.1 Å². The number of nitrogens with zero attached hydrogens (tertiary/aromatic N) is 1. The SMILES string of the molecule is COc1cccc(-c2ccc(CNC(=O)OC(C)(C)C)cc2)n1. The third-order valence-corrected chi connectivity index (χ3v) is 3.02. The van der Waals surface area contributed by atoms with E-state index in [1.165, 1.54) is 0 Å². The average Bonchev–Trinajstić information content (AvgIpc) is 2.52. The minimum atomic E-state index is -0.494. The van der Waals surface area contributed by atoms with Gasteiger partial charge < -0.3 is 14.8 Å². The molecule has 2 rings (SSSR count). The maximum Gasteiger partial charge on any atom is 0.407 e. The fourth-order valence-corrected chi connectivity index (χ4v) is 1.97. The van der Waals surface area contributed by atoms with Crippen molar-refractivity contribution in [1.29, 1.82) is 0 Å². The van der Waals surface area contributed by atoms with Crippen LogP contribution in [0.2, 0.25) is 0 Å². The molecule has 5 heteroatoms. The van der Waals surface area contributed by atoms with Gasteiger partial charge in [-0.1, -0.05) is 30.3 Å². The van der Waals surface area contributed by atoms with Gasteiger partial charge in [0.2, 0.25) is 5.88 Å². The maximum atomic E-state index is 11.6. The highest BCUT2D eigenvalue weighted by atomic mass is 16.6. The second-order valence-corrected chi connectivity index (χ2v) is 6.12. The molecular formula is C18H22N2O3. The Kier molecular flexibility index (Phi) is 5.21. The molecule has 0 radical (unpaired) electrons. The molecule has 0 atom stereocenters. The molecule has 122 valence electrons. The quantitative estimate of drug-likeness (QED) is 0.933. The van der Waals surface area contributed by atoms with Crippen LogP contribution >= 0.6 is 0 Å². The molecule has 1 heterocycles. The first-order valence-electron chi connectivity index (χ1n) is 7.44. The van der Waals surface area contributed by atoms with Crippen molar-refractivity contribution in [2.75, 3.05) is 7.11 Å². The molecule has 1 amide bonds. The largest absolute Gasteiger partial charge is 0.481 e. The van der Waals surface area contributed by atoms with Crippen LogP contribution in [0.25, 0.3) is 11.3 Å². The van der Waals surface area contributed by atoms with Gasteiger partial charge in [-0.15, -0.1) is 0 Å². The summed E-state index contributed by atoms with van der Waals surface area (Å²) in [5, 5.41) is 2.74. The normalized spacial score (nSPS) is 11.0. The second kappa shape index (κ2) is 7.13. The zero-order chi connectivity index (χ0) is 16.9. The smallest absolute Gasteiger partial charge is 0.407 e. The van der Waals surface area contributed by atoms with E-state index in [0.29, 0.717) is 12.4 Å². The minimum absolute atomic E-state index is 0.417. The highest BCUT2D eigenvalue weighted by Gasteiger charge is 2.15. The number of hydrogen-bond donors (Lipinski definition) is 1. The van der Waals surface area contributed by atoms with Gasteiger partial charge in [0, 0.05) is 18.2 Å². The Balaban J connectivity index is 1.98. The summed E-state index contributed by atoms with van der Waals surface area (Å²) in [5.41, 5.74) is 2.33. The van der Waals surface area contributed by atoms with Gasteiger partial charge in [0.1, 0.15) is 5.60 Å². The Hall–Kier alpha value is -2.56. The molecule has 1 aromatic carbocycles. The molecule has 0 saturated carbocycles. The Labute approximate surface area is 136 Å². The van der Waals surface area contributed by atoms with E-state index >= 15 is 0 Å². The number of alkyl carbamates (subject to hydrolysis) is 1. The standard InChI is InChI=1S/C18H22N2O3/c1-18(2,3)23-17(21)19-12-13-8-10-14(11-9-13)15-6-5-7-16(20-15)22-4/h5-11H,12H2,1-4H3,(H,19,21). The monoisotopic (exact) mass is 314 g/mol. The Bertz CT molecular complexity index is 661. The van der Waals surface area contributed by atoms with Crippen LogP contribution in [0.1, 0.15) is 26.3 Å². The predicted molar refractivity (Wildman–Crippen MR) is 89.3 cm³/mol. The summed E-state index contributed by atoms with van der Waals surface area (Å²) < 4.78 is 10.3. The van der Waals surface area contributed by atoms with Crippen molar-refractivity contribution >= 4 is 6.09 Å². The molecule has 0 aliphatic heterocycles. The lowest BCUT2D eigenvalue weighted by Gasteiger charge is -2.19. The Morgan fingerprint density at radius 2 is 1.83 bits per heavy atom. The number of ether oxygens (including phenoxy) is 2. The molecule has 2 aromatic rings. The van der Waals surface area contributed by atoms with E-state index < -0.39 is 11.7 Å². The van der Waals surface area contributed by atoms with Crippen molar-refractivity contribution < 1.29 is 14.3 Å². The maximum absolute atomic E-state index is 11.6. The fraction of sp³-hybridized carbons (Fsp3) is 0.333. The highest BCUT2D eigenvalue weighted by molar-refractivity contribution is 5.67. The van der Waals surface area contributed by atoms with Gasteiger partial charge in [0.05, 0.1) is 12.8 Å². The average molecular weight is 314 g/mol. The number of rotatable bonds is 4. The van der Waals surface area contributed by atoms with Crippen LogP contribution in [0, 0.1) is 0 Å². The van der Waals surface area contributed by atoms with E-state index in [-0.39, 0.29) is 0 Å². The lowest BCUT2D eigenvalue weighted by molar-refractivity contribution is 0.0523. The van der Waals surface area contributed by atoms with E-state index in [1.54, 1.807) is 7.11 Å². The number of methoxy groups -OCH3 is 1. The number of carbonyl (C=O) groups is 1. The van der Waals surface area contributed by atoms with Crippen molar-refractivity contribution in [3.8, 4) is 17.1 Å². The molecule has 0 saturated heterocycles. The second-order valence-electron chi connectivity index (χ2n) is 6.12. The van der Waals surface area contributed by atoms with Gasteiger partial charge >= 0.3 is 6.09 Å². The lowest BCUT2D eigenvalue weighted by atomic mass is 10.1. The number of aromatic nitrogens is 1. The van der Waals surface area contributed by atoms with Gasteiger partial charge in [0.15, 0.2) is 0 Å². The third-order valence-electron chi connectivity index (χ3n) is 3.02. The molecule has 0 unspecified atom stereocenters. The van der Waals surface area contributed by atoms with Crippen LogP contribution in [0.15, 0.2) is 42.5 Å². The van der Waals surface area contributed by atoms with Crippen molar-refractivity contribution in [3.05, 3.63) is 48.0 Å². The summed E-state index contributed by atoms with van der Waals surface area (Å²) in [6, 6.07) is 13.5. The number of carbonyl (C=O) groups excluding carboxylic acids is 1. The first kappa shape index (κ1) is 16.8. The summed E-state index contributed by atoms with van der Waals surface area (Å²) in [5.74, 6) is 0.582. The van der Waals surface area contributed by atoms with Gasteiger partial charge in [-0.25, -0.2) is 9.78 Å². The van der Waals surface area contributed by atoms with Crippen LogP contribution in [-0.2, 0) is 11.3 Å². The van der Waals surface area contributed by atoms with Gasteiger partial charge in [-0.05, 0) is 32.4 Å². The predicted octanol–water partition coefficient (Wildman–Crippen LogP) is 3.78. The van der Waals surface area contributed by atoms with Crippen LogP contribution in [0.4, 0.5) is 4.79 Å². The molecule has 23 heavy (non-hydrogen) atoms. The number of hydrogen-bond acceptors (Lipinski definition) is 4. The molecule has 1 aromatic heterocycles. The first-order valence-corrected chi connectivity index (χ1v) is 7.44. The van der Waals surface area contributed by atoms with Gasteiger partial charge in [0.25, 0.3) is 0 Å². The van der Waals surface area contributed by atoms with Crippen molar-refractivity contribution in [1.82, 2.24) is 10.3 Å². The summed E-state index contributed by atoms with van der Waals surface area (Å²) in [4.78, 5) is 16.0. The van der Waals surface area contributed by atoms with Crippen LogP contribution in [0.5, 0.6) is 5.88 Å². The number of benzene rings is 1. The molecule has 1 N–H and O–H groups in total. The molecular weight excluding hydrogens is 292 g/mol. The summed E-state index contributed by atoms with van der Waals surface area (Å²) >= 11 is 0. The Morgan fingerprint density at radius 3 is 2.43 bits per heavy atom. The van der Waals surface area contributed by atoms with Crippen LogP contribution in [0.3, 0.4) is 0 Å². The fourth-order valence-electron chi connectivity index (χ4n) is 1.97. The lowest BCUT2D eigenvalue weighted by Crippen LogP contribution is -2.32. The first-order chi connectivity index (χ1) is 10.9. The summed E-state index contributed by atoms with van der Waals surface area (Å²) in [6.07, 6.45) is -0.420. The van der Waals surface area contributed by atoms with E-state index in [1.807, 2.05) is 63.2 Å². The van der Waals surface area contributed by atoms with Crippen molar-refractivity contribution in [2.45, 2.75) is 32.9 Å². The number of pyridine rings is 1. The number of nitrogens with one attached hydrogen (secondary N) is 1. The third kappa shape index (κ3) is 5.29. The van der Waals surface area contributed by atoms with E-state index in [9.17, 15) is 4.79 Å². The van der Waals surface area contributed by atoms with Crippen molar-refractivity contribution in [3.63, 3.8) is 0 Å². The minimum Gasteiger partial charge on any atom is -0.481 e. The summed E-state index contributed by atoms with van der Waals surface area (Å²) in [7, 11) is 1.59. The highest BCUT2D eigenvalue weighted by Crippen LogP contribution is 2.20. The molecule has 0 aliphatic rings. The summed E-state index contributed by atoms with van der Waals surface area (Å²) in [6.45, 7) is 5.92. The zero-order valence-electron chi connectivity index (χ0n) is 13.9. The molecule has 0 bridgehead atoms. The zero-order valence-corrected chi connectivity index (χ0v) is 13.9. The molecule has 0 spiro atoms. The molecule has 0 fully saturated rings. The topological polar surface area (TPSA) is 60.5 Å². The van der Waals surface area contributed by atoms with Crippen molar-refractivity contribution in [2.24, 2.45) is 0 Å². The Morgan fingerprint density at radius 1 is 1.13 bits per heavy atom. The molecule has 5 nitrogen and oxygen atoms in total. The number of amides is 1. The van der Waals surface area contributed by atoms with Gasteiger partial charge in [-0.2, -0.15) is 0 Å². The van der Waals surface area contributed by atoms with E-state index in [0.717, 1.165) is 16.8 Å². The molecule has 0 aliphatic carbocycles.